The summed E-state index contributed by atoms with van der Waals surface area (Å²) in [5.41, 5.74) is 0.844. The second-order valence-electron chi connectivity index (χ2n) is 12.5. The second kappa shape index (κ2) is 18.0. The third-order valence-corrected chi connectivity index (χ3v) is 7.56. The fourth-order valence-corrected chi connectivity index (χ4v) is 4.95. The summed E-state index contributed by atoms with van der Waals surface area (Å²) in [6.45, 7) is 11.3. The Morgan fingerprint density at radius 3 is 2.51 bits per heavy atom. The third-order valence-electron chi connectivity index (χ3n) is 7.56. The highest BCUT2D eigenvalue weighted by atomic mass is 16.5. The number of carbonyl (C=O) groups excluding carboxylic acids is 3. The molecule has 43 heavy (non-hydrogen) atoms. The van der Waals surface area contributed by atoms with Gasteiger partial charge in [0.05, 0.1) is 30.4 Å². The van der Waals surface area contributed by atoms with Crippen LogP contribution >= 0.6 is 0 Å². The monoisotopic (exact) mass is 605 g/mol. The summed E-state index contributed by atoms with van der Waals surface area (Å²) in [5.74, 6) is -0.135. The van der Waals surface area contributed by atoms with E-state index in [0.717, 1.165) is 32.2 Å². The molecule has 0 fully saturated rings. The van der Waals surface area contributed by atoms with Gasteiger partial charge in [0.1, 0.15) is 5.75 Å². The number of aliphatic hydroxyl groups is 1. The lowest BCUT2D eigenvalue weighted by Crippen LogP contribution is -2.49. The van der Waals surface area contributed by atoms with Gasteiger partial charge in [-0.05, 0) is 92.2 Å². The molecule has 4 amide bonds. The molecule has 4 atom stereocenters. The Bertz CT molecular complexity index is 1040. The molecule has 3 N–H and O–H groups in total. The fourth-order valence-electron chi connectivity index (χ4n) is 4.95. The number of aliphatic hydroxyl groups excluding tert-OH is 1. The van der Waals surface area contributed by atoms with Gasteiger partial charge in [-0.1, -0.05) is 6.92 Å². The molecule has 1 aliphatic rings. The number of nitrogens with zero attached hydrogens (tertiary/aromatic N) is 3. The Balaban J connectivity index is 2.39. The van der Waals surface area contributed by atoms with Crippen LogP contribution in [0.1, 0.15) is 77.1 Å². The number of benzene rings is 1. The van der Waals surface area contributed by atoms with Crippen LogP contribution in [-0.2, 0) is 9.53 Å². The summed E-state index contributed by atoms with van der Waals surface area (Å²) in [6.07, 6.45) is 3.10. The Labute approximate surface area is 258 Å². The van der Waals surface area contributed by atoms with Crippen molar-refractivity contribution in [2.24, 2.45) is 5.92 Å². The van der Waals surface area contributed by atoms with Crippen LogP contribution in [-0.4, -0.2) is 116 Å². The van der Waals surface area contributed by atoms with E-state index in [9.17, 15) is 19.5 Å². The molecule has 0 saturated carbocycles. The molecule has 0 radical (unpaired) electrons. The summed E-state index contributed by atoms with van der Waals surface area (Å²) >= 11 is 0. The van der Waals surface area contributed by atoms with Crippen LogP contribution in [0.5, 0.6) is 5.75 Å². The van der Waals surface area contributed by atoms with Crippen LogP contribution in [0, 0.1) is 5.92 Å². The van der Waals surface area contributed by atoms with Gasteiger partial charge >= 0.3 is 6.03 Å². The molecule has 244 valence electrons. The lowest BCUT2D eigenvalue weighted by atomic mass is 10.0. The van der Waals surface area contributed by atoms with Crippen molar-refractivity contribution in [1.82, 2.24) is 20.0 Å². The Hall–Kier alpha value is -2.89. The molecule has 0 aliphatic carbocycles. The number of carbonyl (C=O) groups is 3. The van der Waals surface area contributed by atoms with Crippen LogP contribution in [0.25, 0.3) is 0 Å². The predicted molar refractivity (Wildman–Crippen MR) is 170 cm³/mol. The molecular formula is C32H55N5O6. The highest BCUT2D eigenvalue weighted by molar-refractivity contribution is 5.99. The first-order valence-corrected chi connectivity index (χ1v) is 15.6. The molecule has 1 aliphatic heterocycles. The number of amides is 4. The van der Waals surface area contributed by atoms with Crippen molar-refractivity contribution in [2.75, 3.05) is 59.3 Å². The van der Waals surface area contributed by atoms with Crippen molar-refractivity contribution in [3.05, 3.63) is 23.8 Å². The fraction of sp³-hybridized carbons (Fsp3) is 0.719. The molecule has 0 spiro atoms. The maximum atomic E-state index is 14.2. The van der Waals surface area contributed by atoms with E-state index in [2.05, 4.69) is 10.6 Å². The van der Waals surface area contributed by atoms with E-state index in [1.54, 1.807) is 42.0 Å². The summed E-state index contributed by atoms with van der Waals surface area (Å²) < 4.78 is 12.6. The van der Waals surface area contributed by atoms with E-state index in [1.165, 1.54) is 0 Å². The van der Waals surface area contributed by atoms with E-state index in [0.29, 0.717) is 43.1 Å². The van der Waals surface area contributed by atoms with Gasteiger partial charge < -0.3 is 39.9 Å². The molecule has 1 aromatic carbocycles. The minimum atomic E-state index is -0.486. The molecule has 11 nitrogen and oxygen atoms in total. The summed E-state index contributed by atoms with van der Waals surface area (Å²) in [4.78, 5) is 44.8. The van der Waals surface area contributed by atoms with E-state index < -0.39 is 6.04 Å². The Kier molecular flexibility index (Phi) is 15.2. The van der Waals surface area contributed by atoms with Crippen molar-refractivity contribution < 1.29 is 29.0 Å². The number of anilines is 1. The first-order valence-electron chi connectivity index (χ1n) is 15.6. The van der Waals surface area contributed by atoms with Crippen molar-refractivity contribution in [2.45, 2.75) is 91.0 Å². The van der Waals surface area contributed by atoms with Crippen molar-refractivity contribution >= 4 is 23.5 Å². The average molecular weight is 606 g/mol. The molecule has 11 heteroatoms. The smallest absolute Gasteiger partial charge is 0.317 e. The number of fused-ring (bicyclic) bond motifs is 1. The minimum absolute atomic E-state index is 0.00722. The lowest BCUT2D eigenvalue weighted by molar-refractivity contribution is -0.116. The van der Waals surface area contributed by atoms with Gasteiger partial charge in [-0.25, -0.2) is 4.79 Å². The van der Waals surface area contributed by atoms with Gasteiger partial charge in [-0.15, -0.1) is 0 Å². The molecule has 0 bridgehead atoms. The maximum absolute atomic E-state index is 14.2. The van der Waals surface area contributed by atoms with Gasteiger partial charge in [0, 0.05) is 50.8 Å². The van der Waals surface area contributed by atoms with Gasteiger partial charge in [0.25, 0.3) is 5.91 Å². The summed E-state index contributed by atoms with van der Waals surface area (Å²) in [7, 11) is 5.67. The Morgan fingerprint density at radius 1 is 1.14 bits per heavy atom. The maximum Gasteiger partial charge on any atom is 0.317 e. The zero-order valence-corrected chi connectivity index (χ0v) is 27.5. The highest BCUT2D eigenvalue weighted by Crippen LogP contribution is 2.28. The zero-order valence-electron chi connectivity index (χ0n) is 27.5. The van der Waals surface area contributed by atoms with E-state index in [-0.39, 0.29) is 48.6 Å². The third kappa shape index (κ3) is 12.3. The first kappa shape index (κ1) is 36.3. The minimum Gasteiger partial charge on any atom is -0.490 e. The summed E-state index contributed by atoms with van der Waals surface area (Å²) in [5, 5.41) is 16.0. The number of hydrogen-bond donors (Lipinski definition) is 3. The second-order valence-corrected chi connectivity index (χ2v) is 12.5. The van der Waals surface area contributed by atoms with Gasteiger partial charge in [0.2, 0.25) is 5.91 Å². The number of rotatable bonds is 10. The van der Waals surface area contributed by atoms with Crippen LogP contribution < -0.4 is 15.4 Å². The first-order chi connectivity index (χ1) is 20.3. The van der Waals surface area contributed by atoms with Crippen LogP contribution in [0.15, 0.2) is 18.2 Å². The molecule has 0 saturated heterocycles. The largest absolute Gasteiger partial charge is 0.490 e. The topological polar surface area (TPSA) is 124 Å². The van der Waals surface area contributed by atoms with Crippen LogP contribution in [0.4, 0.5) is 10.5 Å². The zero-order chi connectivity index (χ0) is 32.1. The molecule has 0 unspecified atom stereocenters. The van der Waals surface area contributed by atoms with E-state index in [1.807, 2.05) is 46.7 Å². The number of urea groups is 1. The van der Waals surface area contributed by atoms with Crippen LogP contribution in [0.2, 0.25) is 0 Å². The van der Waals surface area contributed by atoms with Crippen LogP contribution in [0.3, 0.4) is 0 Å². The number of nitrogens with one attached hydrogen (secondary N) is 2. The average Bonchev–Trinajstić information content (AvgIpc) is 2.93. The standard InChI is InChI=1S/C32H55N5O6/c1-22(2)33-32(41)36(8)20-29-23(3)19-37(24(4)21-38)31(40)27-18-26(34-30(39)13-11-16-35(6)7)14-15-28(27)43-25(5)12-9-10-17-42-29/h14-15,18,22-25,29,38H,9-13,16-17,19-21H2,1-8H3,(H,33,41)(H,34,39)/t23-,24+,25-,29+/m1/s1. The quantitative estimate of drug-likeness (QED) is 0.371. The van der Waals surface area contributed by atoms with Crippen molar-refractivity contribution in [3.63, 3.8) is 0 Å². The highest BCUT2D eigenvalue weighted by Gasteiger charge is 2.31. The van der Waals surface area contributed by atoms with Crippen molar-refractivity contribution in [1.29, 1.82) is 0 Å². The molecule has 2 rings (SSSR count). The number of likely N-dealkylation sites (N-methyl/N-ethyl adjacent to an activating group) is 1. The van der Waals surface area contributed by atoms with E-state index in [4.69, 9.17) is 9.47 Å². The molecule has 1 aromatic rings. The van der Waals surface area contributed by atoms with Gasteiger partial charge in [-0.2, -0.15) is 0 Å². The molecular weight excluding hydrogens is 550 g/mol. The summed E-state index contributed by atoms with van der Waals surface area (Å²) in [6, 6.07) is 4.51. The van der Waals surface area contributed by atoms with Gasteiger partial charge in [0.15, 0.2) is 0 Å². The van der Waals surface area contributed by atoms with Crippen molar-refractivity contribution in [3.8, 4) is 5.75 Å². The number of hydrogen-bond acceptors (Lipinski definition) is 7. The molecule has 1 heterocycles. The Morgan fingerprint density at radius 2 is 1.86 bits per heavy atom. The number of ether oxygens (including phenoxy) is 2. The van der Waals surface area contributed by atoms with Gasteiger partial charge in [-0.3, -0.25) is 9.59 Å². The molecule has 0 aromatic heterocycles. The normalized spacial score (nSPS) is 21.0. The predicted octanol–water partition coefficient (Wildman–Crippen LogP) is 3.81. The lowest BCUT2D eigenvalue weighted by Gasteiger charge is -2.36. The SMILES string of the molecule is CC(C)NC(=O)N(C)C[C@@H]1OCCCC[C@@H](C)Oc2ccc(NC(=O)CCCN(C)C)cc2C(=O)N([C@@H](C)CO)C[C@H]1C. The van der Waals surface area contributed by atoms with E-state index >= 15 is 0 Å².